The van der Waals surface area contributed by atoms with Crippen LogP contribution in [0.1, 0.15) is 11.4 Å². The van der Waals surface area contributed by atoms with E-state index in [0.29, 0.717) is 0 Å². The molecule has 0 aliphatic carbocycles. The van der Waals surface area contributed by atoms with Crippen molar-refractivity contribution in [1.82, 2.24) is 4.57 Å². The van der Waals surface area contributed by atoms with Crippen molar-refractivity contribution < 1.29 is 9.47 Å². The van der Waals surface area contributed by atoms with E-state index in [4.69, 9.17) is 9.47 Å². The van der Waals surface area contributed by atoms with Crippen LogP contribution >= 0.6 is 0 Å². The van der Waals surface area contributed by atoms with Gasteiger partial charge in [-0.2, -0.15) is 0 Å². The lowest BCUT2D eigenvalue weighted by Crippen LogP contribution is -2.02. The van der Waals surface area contributed by atoms with Crippen molar-refractivity contribution in [2.45, 2.75) is 13.8 Å². The molecule has 1 heterocycles. The summed E-state index contributed by atoms with van der Waals surface area (Å²) in [7, 11) is 3.35. The van der Waals surface area contributed by atoms with Crippen LogP contribution in [0.2, 0.25) is 0 Å². The lowest BCUT2D eigenvalue weighted by atomic mass is 10.2. The second-order valence-corrected chi connectivity index (χ2v) is 3.99. The third-order valence-corrected chi connectivity index (χ3v) is 2.90. The molecule has 0 aliphatic heterocycles. The minimum absolute atomic E-state index is 0.827. The van der Waals surface area contributed by atoms with Gasteiger partial charge in [0.1, 0.15) is 11.5 Å². The monoisotopic (exact) mass is 231 g/mol. The number of ether oxygens (including phenoxy) is 2. The SMILES string of the molecule is COc1ccc(OC)c(-n2c(C)ccc2C)c1. The zero-order valence-corrected chi connectivity index (χ0v) is 10.7. The standard InChI is InChI=1S/C14H17NO2/c1-10-5-6-11(2)15(10)13-9-12(16-3)7-8-14(13)17-4/h5-9H,1-4H3. The van der Waals surface area contributed by atoms with Crippen LogP contribution in [0.4, 0.5) is 0 Å². The normalized spacial score (nSPS) is 10.4. The van der Waals surface area contributed by atoms with Crippen LogP contribution in [-0.2, 0) is 0 Å². The van der Waals surface area contributed by atoms with E-state index in [0.717, 1.165) is 17.2 Å². The fraction of sp³-hybridized carbons (Fsp3) is 0.286. The van der Waals surface area contributed by atoms with E-state index in [-0.39, 0.29) is 0 Å². The number of aromatic nitrogens is 1. The van der Waals surface area contributed by atoms with Crippen LogP contribution in [-0.4, -0.2) is 18.8 Å². The second-order valence-electron chi connectivity index (χ2n) is 3.99. The zero-order valence-electron chi connectivity index (χ0n) is 10.7. The number of benzene rings is 1. The van der Waals surface area contributed by atoms with Gasteiger partial charge in [0, 0.05) is 17.5 Å². The number of hydrogen-bond donors (Lipinski definition) is 0. The highest BCUT2D eigenvalue weighted by Gasteiger charge is 2.10. The molecule has 17 heavy (non-hydrogen) atoms. The van der Waals surface area contributed by atoms with Crippen LogP contribution in [0, 0.1) is 13.8 Å². The fourth-order valence-electron chi connectivity index (χ4n) is 2.02. The van der Waals surface area contributed by atoms with Crippen LogP contribution in [0.5, 0.6) is 11.5 Å². The number of rotatable bonds is 3. The molecule has 0 N–H and O–H groups in total. The van der Waals surface area contributed by atoms with Gasteiger partial charge in [-0.15, -0.1) is 0 Å². The van der Waals surface area contributed by atoms with Crippen LogP contribution in [0.15, 0.2) is 30.3 Å². The first kappa shape index (κ1) is 11.6. The molecule has 90 valence electrons. The summed E-state index contributed by atoms with van der Waals surface area (Å²) in [4.78, 5) is 0. The van der Waals surface area contributed by atoms with Crippen molar-refractivity contribution in [1.29, 1.82) is 0 Å². The minimum Gasteiger partial charge on any atom is -0.497 e. The average molecular weight is 231 g/mol. The van der Waals surface area contributed by atoms with Gasteiger partial charge in [0.15, 0.2) is 0 Å². The number of aryl methyl sites for hydroxylation is 2. The summed E-state index contributed by atoms with van der Waals surface area (Å²) >= 11 is 0. The average Bonchev–Trinajstić information content (AvgIpc) is 2.68. The minimum atomic E-state index is 0.827. The molecular weight excluding hydrogens is 214 g/mol. The van der Waals surface area contributed by atoms with Gasteiger partial charge >= 0.3 is 0 Å². The van der Waals surface area contributed by atoms with Gasteiger partial charge in [0.25, 0.3) is 0 Å². The van der Waals surface area contributed by atoms with E-state index >= 15 is 0 Å². The first-order chi connectivity index (χ1) is 8.17. The Kier molecular flexibility index (Phi) is 3.09. The maximum Gasteiger partial charge on any atom is 0.143 e. The Balaban J connectivity index is 2.64. The lowest BCUT2D eigenvalue weighted by molar-refractivity contribution is 0.401. The Morgan fingerprint density at radius 3 is 2.06 bits per heavy atom. The van der Waals surface area contributed by atoms with Crippen molar-refractivity contribution in [3.05, 3.63) is 41.7 Å². The Morgan fingerprint density at radius 2 is 1.53 bits per heavy atom. The maximum atomic E-state index is 5.40. The second kappa shape index (κ2) is 4.53. The molecular formula is C14H17NO2. The van der Waals surface area contributed by atoms with Crippen LogP contribution in [0.3, 0.4) is 0 Å². The van der Waals surface area contributed by atoms with E-state index in [9.17, 15) is 0 Å². The summed E-state index contributed by atoms with van der Waals surface area (Å²) in [5, 5.41) is 0. The topological polar surface area (TPSA) is 23.4 Å². The van der Waals surface area contributed by atoms with Gasteiger partial charge in [-0.1, -0.05) is 0 Å². The molecule has 1 aromatic heterocycles. The predicted molar refractivity (Wildman–Crippen MR) is 68.3 cm³/mol. The first-order valence-electron chi connectivity index (χ1n) is 5.54. The highest BCUT2D eigenvalue weighted by molar-refractivity contribution is 5.53. The van der Waals surface area contributed by atoms with Crippen molar-refractivity contribution in [2.75, 3.05) is 14.2 Å². The van der Waals surface area contributed by atoms with Crippen LogP contribution < -0.4 is 9.47 Å². The highest BCUT2D eigenvalue weighted by Crippen LogP contribution is 2.29. The van der Waals surface area contributed by atoms with E-state index in [1.54, 1.807) is 14.2 Å². The van der Waals surface area contributed by atoms with Crippen molar-refractivity contribution in [3.8, 4) is 17.2 Å². The molecule has 0 fully saturated rings. The molecule has 0 bridgehead atoms. The summed E-state index contributed by atoms with van der Waals surface area (Å²) in [6, 6.07) is 9.99. The smallest absolute Gasteiger partial charge is 0.143 e. The van der Waals surface area contributed by atoms with Gasteiger partial charge in [-0.3, -0.25) is 0 Å². The third-order valence-electron chi connectivity index (χ3n) is 2.90. The summed E-state index contributed by atoms with van der Waals surface area (Å²) < 4.78 is 12.8. The fourth-order valence-corrected chi connectivity index (χ4v) is 2.02. The lowest BCUT2D eigenvalue weighted by Gasteiger charge is -2.14. The number of methoxy groups -OCH3 is 2. The van der Waals surface area contributed by atoms with Gasteiger partial charge < -0.3 is 14.0 Å². The molecule has 0 amide bonds. The molecule has 0 saturated heterocycles. The van der Waals surface area contributed by atoms with Gasteiger partial charge in [0.2, 0.25) is 0 Å². The summed E-state index contributed by atoms with van der Waals surface area (Å²) in [6.45, 7) is 4.15. The summed E-state index contributed by atoms with van der Waals surface area (Å²) in [5.41, 5.74) is 3.36. The number of nitrogens with zero attached hydrogens (tertiary/aromatic N) is 1. The molecule has 0 saturated carbocycles. The Labute approximate surface area is 102 Å². The molecule has 0 spiro atoms. The Bertz CT molecular complexity index is 510. The maximum absolute atomic E-state index is 5.40. The molecule has 0 atom stereocenters. The predicted octanol–water partition coefficient (Wildman–Crippen LogP) is 3.11. The molecule has 0 aliphatic rings. The van der Waals surface area contributed by atoms with E-state index in [1.165, 1.54) is 11.4 Å². The summed E-state index contributed by atoms with van der Waals surface area (Å²) in [6.07, 6.45) is 0. The largest absolute Gasteiger partial charge is 0.497 e. The Hall–Kier alpha value is -1.90. The van der Waals surface area contributed by atoms with E-state index in [2.05, 4.69) is 30.5 Å². The Morgan fingerprint density at radius 1 is 0.882 bits per heavy atom. The van der Waals surface area contributed by atoms with E-state index < -0.39 is 0 Å². The van der Waals surface area contributed by atoms with Crippen molar-refractivity contribution in [2.24, 2.45) is 0 Å². The van der Waals surface area contributed by atoms with Gasteiger partial charge in [-0.05, 0) is 38.1 Å². The van der Waals surface area contributed by atoms with Crippen molar-refractivity contribution in [3.63, 3.8) is 0 Å². The highest BCUT2D eigenvalue weighted by atomic mass is 16.5. The van der Waals surface area contributed by atoms with Crippen molar-refractivity contribution >= 4 is 0 Å². The number of hydrogen-bond acceptors (Lipinski definition) is 2. The zero-order chi connectivity index (χ0) is 12.4. The van der Waals surface area contributed by atoms with Gasteiger partial charge in [0.05, 0.1) is 19.9 Å². The van der Waals surface area contributed by atoms with Crippen LogP contribution in [0.25, 0.3) is 5.69 Å². The molecule has 0 unspecified atom stereocenters. The summed E-state index contributed by atoms with van der Waals surface area (Å²) in [5.74, 6) is 1.67. The molecule has 2 aromatic rings. The molecule has 3 nitrogen and oxygen atoms in total. The molecule has 3 heteroatoms. The first-order valence-corrected chi connectivity index (χ1v) is 5.54. The molecule has 2 rings (SSSR count). The molecule has 0 radical (unpaired) electrons. The quantitative estimate of drug-likeness (QED) is 0.810. The van der Waals surface area contributed by atoms with E-state index in [1.807, 2.05) is 18.2 Å². The molecule has 1 aromatic carbocycles. The third kappa shape index (κ3) is 2.00. The van der Waals surface area contributed by atoms with Gasteiger partial charge in [-0.25, -0.2) is 0 Å².